The van der Waals surface area contributed by atoms with Gasteiger partial charge in [0.15, 0.2) is 0 Å². The first-order valence-corrected chi connectivity index (χ1v) is 4.45. The van der Waals surface area contributed by atoms with E-state index in [4.69, 9.17) is 28.3 Å². The number of halogens is 3. The average Bonchev–Trinajstić information content (AvgIpc) is 1.97. The van der Waals surface area contributed by atoms with Gasteiger partial charge in [0.1, 0.15) is 0 Å². The molecule has 0 atom stereocenters. The van der Waals surface area contributed by atoms with Crippen LogP contribution in [0.1, 0.15) is 10.4 Å². The van der Waals surface area contributed by atoms with Crippen molar-refractivity contribution in [1.82, 2.24) is 0 Å². The standard InChI is InChI=1S/C7H3BrCl2O2/c8-6-4(10)2-1-3(9)5(6)7(11)12/h1-2H,(H,11,12). The zero-order valence-corrected chi connectivity index (χ0v) is 8.74. The highest BCUT2D eigenvalue weighted by Crippen LogP contribution is 2.31. The predicted octanol–water partition coefficient (Wildman–Crippen LogP) is 3.45. The molecule has 0 aliphatic carbocycles. The van der Waals surface area contributed by atoms with Crippen molar-refractivity contribution in [3.05, 3.63) is 32.2 Å². The largest absolute Gasteiger partial charge is 0.478 e. The molecule has 0 aliphatic rings. The van der Waals surface area contributed by atoms with E-state index < -0.39 is 5.97 Å². The van der Waals surface area contributed by atoms with Crippen LogP contribution in [-0.4, -0.2) is 11.1 Å². The summed E-state index contributed by atoms with van der Waals surface area (Å²) in [6, 6.07) is 2.97. The molecule has 0 aliphatic heterocycles. The second-order valence-corrected chi connectivity index (χ2v) is 3.63. The third-order valence-electron chi connectivity index (χ3n) is 1.26. The van der Waals surface area contributed by atoms with Gasteiger partial charge in [-0.15, -0.1) is 0 Å². The van der Waals surface area contributed by atoms with E-state index in [1.165, 1.54) is 12.1 Å². The maximum Gasteiger partial charge on any atom is 0.338 e. The number of carboxylic acid groups (broad SMARTS) is 1. The molecule has 0 bridgehead atoms. The Hall–Kier alpha value is -0.250. The Morgan fingerprint density at radius 2 is 1.83 bits per heavy atom. The summed E-state index contributed by atoms with van der Waals surface area (Å²) in [5.74, 6) is -1.10. The molecular weight excluding hydrogens is 267 g/mol. The van der Waals surface area contributed by atoms with Gasteiger partial charge in [-0.25, -0.2) is 4.79 Å². The summed E-state index contributed by atoms with van der Waals surface area (Å²) in [6.07, 6.45) is 0. The molecule has 0 saturated heterocycles. The fourth-order valence-corrected chi connectivity index (χ4v) is 1.75. The summed E-state index contributed by atoms with van der Waals surface area (Å²) < 4.78 is 0.309. The summed E-state index contributed by atoms with van der Waals surface area (Å²) in [6.45, 7) is 0. The lowest BCUT2D eigenvalue weighted by atomic mass is 10.2. The third kappa shape index (κ3) is 1.73. The van der Waals surface area contributed by atoms with Crippen LogP contribution in [0.15, 0.2) is 16.6 Å². The van der Waals surface area contributed by atoms with Crippen molar-refractivity contribution in [2.75, 3.05) is 0 Å². The predicted molar refractivity (Wildman–Crippen MR) is 51.1 cm³/mol. The van der Waals surface area contributed by atoms with Gasteiger partial charge in [-0.2, -0.15) is 0 Å². The Morgan fingerprint density at radius 3 is 2.25 bits per heavy atom. The van der Waals surface area contributed by atoms with E-state index in [1.54, 1.807) is 0 Å². The average molecular weight is 270 g/mol. The molecule has 1 N–H and O–H groups in total. The van der Waals surface area contributed by atoms with Crippen molar-refractivity contribution in [3.63, 3.8) is 0 Å². The molecule has 0 saturated carbocycles. The summed E-state index contributed by atoms with van der Waals surface area (Å²) >= 11 is 14.3. The van der Waals surface area contributed by atoms with Crippen molar-refractivity contribution >= 4 is 45.1 Å². The molecule has 0 heterocycles. The Balaban J connectivity index is 3.43. The maximum atomic E-state index is 10.6. The zero-order chi connectivity index (χ0) is 9.30. The molecule has 1 rings (SSSR count). The number of carbonyl (C=O) groups is 1. The van der Waals surface area contributed by atoms with Crippen LogP contribution in [0.4, 0.5) is 0 Å². The topological polar surface area (TPSA) is 37.3 Å². The fraction of sp³-hybridized carbons (Fsp3) is 0. The van der Waals surface area contributed by atoms with Gasteiger partial charge in [0.2, 0.25) is 0 Å². The minimum atomic E-state index is -1.10. The van der Waals surface area contributed by atoms with Gasteiger partial charge in [-0.05, 0) is 28.1 Å². The van der Waals surface area contributed by atoms with E-state index >= 15 is 0 Å². The molecule has 0 unspecified atom stereocenters. The van der Waals surface area contributed by atoms with E-state index in [1.807, 2.05) is 0 Å². The highest BCUT2D eigenvalue weighted by atomic mass is 79.9. The molecule has 0 amide bonds. The van der Waals surface area contributed by atoms with Crippen molar-refractivity contribution in [2.45, 2.75) is 0 Å². The van der Waals surface area contributed by atoms with E-state index in [-0.39, 0.29) is 10.6 Å². The van der Waals surface area contributed by atoms with Gasteiger partial charge in [-0.1, -0.05) is 23.2 Å². The molecule has 12 heavy (non-hydrogen) atoms. The van der Waals surface area contributed by atoms with Crippen molar-refractivity contribution < 1.29 is 9.90 Å². The van der Waals surface area contributed by atoms with Gasteiger partial charge in [0, 0.05) is 0 Å². The van der Waals surface area contributed by atoms with Crippen LogP contribution in [0.2, 0.25) is 10.0 Å². The second-order valence-electron chi connectivity index (χ2n) is 2.02. The van der Waals surface area contributed by atoms with Crippen molar-refractivity contribution in [3.8, 4) is 0 Å². The van der Waals surface area contributed by atoms with Crippen LogP contribution in [0.3, 0.4) is 0 Å². The fourth-order valence-electron chi connectivity index (χ4n) is 0.723. The van der Waals surface area contributed by atoms with E-state index in [0.29, 0.717) is 9.50 Å². The minimum absolute atomic E-state index is 0.0100. The van der Waals surface area contributed by atoms with Crippen LogP contribution < -0.4 is 0 Å². The smallest absolute Gasteiger partial charge is 0.338 e. The lowest BCUT2D eigenvalue weighted by Crippen LogP contribution is -1.98. The number of benzene rings is 1. The first kappa shape index (κ1) is 9.84. The molecule has 0 fully saturated rings. The van der Waals surface area contributed by atoms with Crippen molar-refractivity contribution in [2.24, 2.45) is 0 Å². The molecule has 1 aromatic carbocycles. The lowest BCUT2D eigenvalue weighted by Gasteiger charge is -2.02. The van der Waals surface area contributed by atoms with Crippen LogP contribution >= 0.6 is 39.1 Å². The molecule has 5 heteroatoms. The Kier molecular flexibility index (Phi) is 2.99. The SMILES string of the molecule is O=C(O)c1c(Cl)ccc(Cl)c1Br. The minimum Gasteiger partial charge on any atom is -0.478 e. The molecular formula is C7H3BrCl2O2. The number of hydrogen-bond acceptors (Lipinski definition) is 1. The van der Waals surface area contributed by atoms with Gasteiger partial charge >= 0.3 is 5.97 Å². The Labute approximate surface area is 87.2 Å². The monoisotopic (exact) mass is 268 g/mol. The maximum absolute atomic E-state index is 10.6. The lowest BCUT2D eigenvalue weighted by molar-refractivity contribution is 0.0696. The highest BCUT2D eigenvalue weighted by Gasteiger charge is 2.15. The molecule has 0 spiro atoms. The molecule has 64 valence electrons. The molecule has 0 aromatic heterocycles. The first-order valence-electron chi connectivity index (χ1n) is 2.91. The van der Waals surface area contributed by atoms with Gasteiger partial charge in [0.25, 0.3) is 0 Å². The van der Waals surface area contributed by atoms with E-state index in [9.17, 15) is 4.79 Å². The van der Waals surface area contributed by atoms with E-state index in [0.717, 1.165) is 0 Å². The van der Waals surface area contributed by atoms with Crippen molar-refractivity contribution in [1.29, 1.82) is 0 Å². The van der Waals surface area contributed by atoms with Crippen LogP contribution in [0.25, 0.3) is 0 Å². The Morgan fingerprint density at radius 1 is 1.33 bits per heavy atom. The normalized spacial score (nSPS) is 9.92. The second kappa shape index (κ2) is 3.64. The number of hydrogen-bond donors (Lipinski definition) is 1. The summed E-state index contributed by atoms with van der Waals surface area (Å²) in [5.41, 5.74) is -0.0100. The molecule has 1 aromatic rings. The molecule has 0 radical (unpaired) electrons. The third-order valence-corrected chi connectivity index (χ3v) is 2.94. The van der Waals surface area contributed by atoms with Gasteiger partial charge in [-0.3, -0.25) is 0 Å². The quantitative estimate of drug-likeness (QED) is 0.793. The number of rotatable bonds is 1. The summed E-state index contributed by atoms with van der Waals surface area (Å²) in [5, 5.41) is 9.19. The zero-order valence-electron chi connectivity index (χ0n) is 5.64. The number of aromatic carboxylic acids is 1. The highest BCUT2D eigenvalue weighted by molar-refractivity contribution is 9.10. The number of carboxylic acids is 1. The van der Waals surface area contributed by atoms with Gasteiger partial charge in [0.05, 0.1) is 20.1 Å². The van der Waals surface area contributed by atoms with Crippen LogP contribution in [0, 0.1) is 0 Å². The summed E-state index contributed by atoms with van der Waals surface area (Å²) in [7, 11) is 0. The summed E-state index contributed by atoms with van der Waals surface area (Å²) in [4.78, 5) is 10.6. The Bertz CT molecular complexity index is 338. The van der Waals surface area contributed by atoms with Crippen LogP contribution in [0.5, 0.6) is 0 Å². The first-order chi connectivity index (χ1) is 5.54. The molecule has 2 nitrogen and oxygen atoms in total. The van der Waals surface area contributed by atoms with E-state index in [2.05, 4.69) is 15.9 Å². The van der Waals surface area contributed by atoms with Crippen LogP contribution in [-0.2, 0) is 0 Å². The van der Waals surface area contributed by atoms with Gasteiger partial charge < -0.3 is 5.11 Å².